The van der Waals surface area contributed by atoms with E-state index in [4.69, 9.17) is 0 Å². The number of aromatic amines is 1. The van der Waals surface area contributed by atoms with Crippen LogP contribution in [0.25, 0.3) is 10.9 Å². The summed E-state index contributed by atoms with van der Waals surface area (Å²) < 4.78 is 41.2. The Hall–Kier alpha value is -3.01. The second-order valence-corrected chi connectivity index (χ2v) is 10.9. The van der Waals surface area contributed by atoms with Crippen LogP contribution in [-0.4, -0.2) is 36.7 Å². The second kappa shape index (κ2) is 8.74. The van der Waals surface area contributed by atoms with E-state index in [1.807, 2.05) is 11.4 Å². The number of hydrogen-bond donors (Lipinski definition) is 2. The molecule has 5 rings (SSSR count). The Morgan fingerprint density at radius 2 is 2.06 bits per heavy atom. The van der Waals surface area contributed by atoms with Gasteiger partial charge in [-0.1, -0.05) is 6.07 Å². The van der Waals surface area contributed by atoms with Crippen molar-refractivity contribution >= 4 is 38.2 Å². The highest BCUT2D eigenvalue weighted by Crippen LogP contribution is 2.28. The van der Waals surface area contributed by atoms with Crippen LogP contribution in [0.2, 0.25) is 0 Å². The Kier molecular flexibility index (Phi) is 5.77. The number of thiophene rings is 1. The summed E-state index contributed by atoms with van der Waals surface area (Å²) in [4.78, 5) is 17.1. The van der Waals surface area contributed by atoms with Gasteiger partial charge in [-0.05, 0) is 71.8 Å². The topological polar surface area (TPSA) is 82.3 Å². The minimum atomic E-state index is -3.70. The van der Waals surface area contributed by atoms with Gasteiger partial charge in [-0.15, -0.1) is 11.3 Å². The van der Waals surface area contributed by atoms with Crippen molar-refractivity contribution in [2.75, 3.05) is 13.1 Å². The van der Waals surface area contributed by atoms with Crippen LogP contribution < -0.4 is 5.32 Å². The number of halogens is 1. The van der Waals surface area contributed by atoms with Gasteiger partial charge in [0.1, 0.15) is 5.82 Å². The summed E-state index contributed by atoms with van der Waals surface area (Å²) in [6.07, 6.45) is 3.07. The van der Waals surface area contributed by atoms with Crippen LogP contribution in [0.15, 0.2) is 65.0 Å². The van der Waals surface area contributed by atoms with Crippen LogP contribution in [0.3, 0.4) is 0 Å². The molecule has 0 saturated heterocycles. The molecule has 170 valence electrons. The highest BCUT2D eigenvalue weighted by Gasteiger charge is 2.29. The van der Waals surface area contributed by atoms with Gasteiger partial charge in [-0.2, -0.15) is 4.31 Å². The molecule has 3 heterocycles. The van der Waals surface area contributed by atoms with E-state index in [0.717, 1.165) is 16.5 Å². The first kappa shape index (κ1) is 21.8. The number of aromatic nitrogens is 1. The second-order valence-electron chi connectivity index (χ2n) is 8.00. The van der Waals surface area contributed by atoms with Crippen molar-refractivity contribution in [1.82, 2.24) is 14.6 Å². The molecule has 0 fully saturated rings. The van der Waals surface area contributed by atoms with Gasteiger partial charge in [0, 0.05) is 47.2 Å². The summed E-state index contributed by atoms with van der Waals surface area (Å²) in [5.41, 5.74) is 3.02. The normalized spacial score (nSPS) is 14.3. The first-order valence-corrected chi connectivity index (χ1v) is 12.9. The van der Waals surface area contributed by atoms with Gasteiger partial charge in [-0.25, -0.2) is 12.8 Å². The number of carbonyl (C=O) groups excluding carboxylic acids is 1. The van der Waals surface area contributed by atoms with Gasteiger partial charge in [0.15, 0.2) is 0 Å². The zero-order valence-corrected chi connectivity index (χ0v) is 19.3. The zero-order chi connectivity index (χ0) is 23.0. The lowest BCUT2D eigenvalue weighted by Gasteiger charge is -2.26. The van der Waals surface area contributed by atoms with Crippen molar-refractivity contribution in [3.8, 4) is 0 Å². The van der Waals surface area contributed by atoms with E-state index in [1.165, 1.54) is 33.4 Å². The molecule has 9 heteroatoms. The maximum Gasteiger partial charge on any atom is 0.251 e. The molecule has 2 aromatic heterocycles. The lowest BCUT2D eigenvalue weighted by molar-refractivity contribution is 0.0954. The average Bonchev–Trinajstić information content (AvgIpc) is 3.45. The first-order valence-electron chi connectivity index (χ1n) is 10.6. The van der Waals surface area contributed by atoms with Crippen LogP contribution in [0.4, 0.5) is 4.39 Å². The van der Waals surface area contributed by atoms with Crippen LogP contribution in [0, 0.1) is 5.82 Å². The highest BCUT2D eigenvalue weighted by atomic mass is 32.2. The molecule has 0 bridgehead atoms. The molecule has 0 unspecified atom stereocenters. The van der Waals surface area contributed by atoms with Gasteiger partial charge < -0.3 is 10.3 Å². The summed E-state index contributed by atoms with van der Waals surface area (Å²) in [7, 11) is -3.70. The standard InChI is InChI=1S/C24H22FN3O3S2/c25-19-4-5-21-17(14-27-22(21)13-19)6-9-26-24(29)16-2-1-3-20(12-16)33(30,31)28-10-7-23-18(15-28)8-11-32-23/h1-5,8,11-14,27H,6-7,9-10,15H2,(H,26,29). The Morgan fingerprint density at radius 3 is 2.94 bits per heavy atom. The molecule has 1 aliphatic rings. The molecule has 0 saturated carbocycles. The SMILES string of the molecule is O=C(NCCc1c[nH]c2cc(F)ccc12)c1cccc(S(=O)(=O)N2CCc3sccc3C2)c1. The molecule has 4 aromatic rings. The molecule has 1 amide bonds. The molecule has 0 aliphatic carbocycles. The maximum absolute atomic E-state index is 13.4. The van der Waals surface area contributed by atoms with E-state index in [2.05, 4.69) is 10.3 Å². The van der Waals surface area contributed by atoms with Gasteiger partial charge in [0.2, 0.25) is 10.0 Å². The van der Waals surface area contributed by atoms with Gasteiger partial charge in [0.25, 0.3) is 5.91 Å². The van der Waals surface area contributed by atoms with Crippen LogP contribution in [0.5, 0.6) is 0 Å². The van der Waals surface area contributed by atoms with Crippen molar-refractivity contribution in [3.63, 3.8) is 0 Å². The third kappa shape index (κ3) is 4.31. The van der Waals surface area contributed by atoms with Gasteiger partial charge in [0.05, 0.1) is 4.90 Å². The third-order valence-electron chi connectivity index (χ3n) is 5.92. The van der Waals surface area contributed by atoms with E-state index in [-0.39, 0.29) is 16.6 Å². The fourth-order valence-corrected chi connectivity index (χ4v) is 6.51. The number of fused-ring (bicyclic) bond motifs is 2. The predicted octanol–water partition coefficient (Wildman–Crippen LogP) is 4.09. The highest BCUT2D eigenvalue weighted by molar-refractivity contribution is 7.89. The van der Waals surface area contributed by atoms with Crippen molar-refractivity contribution in [2.45, 2.75) is 24.3 Å². The summed E-state index contributed by atoms with van der Waals surface area (Å²) in [5, 5.41) is 5.74. The van der Waals surface area contributed by atoms with Crippen LogP contribution in [0.1, 0.15) is 26.4 Å². The predicted molar refractivity (Wildman–Crippen MR) is 126 cm³/mol. The molecule has 6 nitrogen and oxygen atoms in total. The van der Waals surface area contributed by atoms with Crippen molar-refractivity contribution in [3.05, 3.63) is 87.5 Å². The number of H-pyrrole nitrogens is 1. The molecule has 2 N–H and O–H groups in total. The minimum absolute atomic E-state index is 0.118. The summed E-state index contributed by atoms with van der Waals surface area (Å²) >= 11 is 1.65. The van der Waals surface area contributed by atoms with Crippen molar-refractivity contribution in [1.29, 1.82) is 0 Å². The summed E-state index contributed by atoms with van der Waals surface area (Å²) in [5.74, 6) is -0.643. The molecule has 0 spiro atoms. The molecule has 2 aromatic carbocycles. The van der Waals surface area contributed by atoms with E-state index in [1.54, 1.807) is 35.7 Å². The van der Waals surface area contributed by atoms with Crippen molar-refractivity contribution in [2.24, 2.45) is 0 Å². The van der Waals surface area contributed by atoms with E-state index >= 15 is 0 Å². The number of nitrogens with zero attached hydrogens (tertiary/aromatic N) is 1. The summed E-state index contributed by atoms with van der Waals surface area (Å²) in [6, 6.07) is 12.7. The average molecular weight is 484 g/mol. The number of benzene rings is 2. The smallest absolute Gasteiger partial charge is 0.251 e. The third-order valence-corrected chi connectivity index (χ3v) is 8.78. The number of carbonyl (C=O) groups is 1. The Bertz CT molecular complexity index is 1440. The Balaban J connectivity index is 1.26. The number of hydrogen-bond acceptors (Lipinski definition) is 4. The molecule has 33 heavy (non-hydrogen) atoms. The van der Waals surface area contributed by atoms with E-state index < -0.39 is 10.0 Å². The molecular formula is C24H22FN3O3S2. The minimum Gasteiger partial charge on any atom is -0.361 e. The quantitative estimate of drug-likeness (QED) is 0.433. The van der Waals surface area contributed by atoms with Gasteiger partial charge >= 0.3 is 0 Å². The number of sulfonamides is 1. The first-order chi connectivity index (χ1) is 15.9. The number of amides is 1. The van der Waals surface area contributed by atoms with E-state index in [0.29, 0.717) is 43.6 Å². The molecule has 0 atom stereocenters. The Morgan fingerprint density at radius 1 is 1.18 bits per heavy atom. The maximum atomic E-state index is 13.4. The van der Waals surface area contributed by atoms with E-state index in [9.17, 15) is 17.6 Å². The monoisotopic (exact) mass is 483 g/mol. The Labute approximate surface area is 195 Å². The lowest BCUT2D eigenvalue weighted by Crippen LogP contribution is -2.35. The van der Waals surface area contributed by atoms with Crippen LogP contribution >= 0.6 is 11.3 Å². The largest absolute Gasteiger partial charge is 0.361 e. The number of nitrogens with one attached hydrogen (secondary N) is 2. The van der Waals surface area contributed by atoms with Crippen LogP contribution in [-0.2, 0) is 29.4 Å². The number of rotatable bonds is 6. The fraction of sp³-hybridized carbons (Fsp3) is 0.208. The zero-order valence-electron chi connectivity index (χ0n) is 17.7. The lowest BCUT2D eigenvalue weighted by atomic mass is 10.1. The van der Waals surface area contributed by atoms with Crippen molar-refractivity contribution < 1.29 is 17.6 Å². The molecule has 1 aliphatic heterocycles. The molecular weight excluding hydrogens is 461 g/mol. The van der Waals surface area contributed by atoms with Gasteiger partial charge in [-0.3, -0.25) is 4.79 Å². The molecule has 0 radical (unpaired) electrons. The fourth-order valence-electron chi connectivity index (χ4n) is 4.15. The summed E-state index contributed by atoms with van der Waals surface area (Å²) in [6.45, 7) is 1.15.